The largest absolute Gasteiger partial charge is 0.454 e. The summed E-state index contributed by atoms with van der Waals surface area (Å²) in [5, 5.41) is 3.63. The molecular weight excluding hydrogens is 337 g/mol. The second-order valence-electron chi connectivity index (χ2n) is 4.81. The molecule has 1 aliphatic carbocycles. The van der Waals surface area contributed by atoms with Crippen LogP contribution in [0.2, 0.25) is 0 Å². The zero-order chi connectivity index (χ0) is 12.4. The van der Waals surface area contributed by atoms with Gasteiger partial charge in [0, 0.05) is 6.04 Å². The van der Waals surface area contributed by atoms with Crippen LogP contribution in [0.25, 0.3) is 0 Å². The third-order valence-corrected chi connectivity index (χ3v) is 3.96. The minimum Gasteiger partial charge on any atom is -0.454 e. The van der Waals surface area contributed by atoms with E-state index >= 15 is 0 Å². The number of furan rings is 1. The van der Waals surface area contributed by atoms with Crippen LogP contribution in [-0.2, 0) is 6.54 Å². The van der Waals surface area contributed by atoms with E-state index in [0.717, 1.165) is 22.0 Å². The molecule has 18 heavy (non-hydrogen) atoms. The van der Waals surface area contributed by atoms with Gasteiger partial charge in [0.15, 0.2) is 3.77 Å². The van der Waals surface area contributed by atoms with Crippen LogP contribution in [0, 0.1) is 9.68 Å². The summed E-state index contributed by atoms with van der Waals surface area (Å²) in [6, 6.07) is 15.2. The molecule has 0 saturated heterocycles. The molecule has 3 heteroatoms. The van der Waals surface area contributed by atoms with Crippen molar-refractivity contribution in [2.75, 3.05) is 0 Å². The topological polar surface area (TPSA) is 25.2 Å². The van der Waals surface area contributed by atoms with Crippen LogP contribution >= 0.6 is 22.6 Å². The van der Waals surface area contributed by atoms with Crippen molar-refractivity contribution < 1.29 is 4.42 Å². The van der Waals surface area contributed by atoms with Gasteiger partial charge in [-0.25, -0.2) is 0 Å². The highest BCUT2D eigenvalue weighted by Crippen LogP contribution is 2.41. The first-order valence-electron chi connectivity index (χ1n) is 6.35. The van der Waals surface area contributed by atoms with Crippen molar-refractivity contribution in [3.05, 3.63) is 57.6 Å². The lowest BCUT2D eigenvalue weighted by atomic mass is 10.0. The third kappa shape index (κ3) is 2.95. The monoisotopic (exact) mass is 353 g/mol. The highest BCUT2D eigenvalue weighted by atomic mass is 127. The maximum absolute atomic E-state index is 5.59. The fourth-order valence-electron chi connectivity index (χ4n) is 2.30. The first-order valence-corrected chi connectivity index (χ1v) is 7.43. The van der Waals surface area contributed by atoms with Gasteiger partial charge in [-0.3, -0.25) is 0 Å². The van der Waals surface area contributed by atoms with Gasteiger partial charge in [-0.05, 0) is 59.0 Å². The summed E-state index contributed by atoms with van der Waals surface area (Å²) in [6.45, 7) is 0.805. The van der Waals surface area contributed by atoms with E-state index in [9.17, 15) is 0 Å². The van der Waals surface area contributed by atoms with E-state index in [2.05, 4.69) is 58.2 Å². The van der Waals surface area contributed by atoms with Crippen molar-refractivity contribution in [3.63, 3.8) is 0 Å². The summed E-state index contributed by atoms with van der Waals surface area (Å²) in [5.41, 5.74) is 1.39. The quantitative estimate of drug-likeness (QED) is 0.818. The molecule has 0 bridgehead atoms. The van der Waals surface area contributed by atoms with E-state index < -0.39 is 0 Å². The van der Waals surface area contributed by atoms with Crippen LogP contribution in [0.15, 0.2) is 46.9 Å². The van der Waals surface area contributed by atoms with Crippen LogP contribution in [0.1, 0.15) is 30.2 Å². The Morgan fingerprint density at radius 3 is 2.56 bits per heavy atom. The SMILES string of the molecule is Ic1ccc(CNC(c2ccccc2)C2CC2)o1. The summed E-state index contributed by atoms with van der Waals surface area (Å²) in [4.78, 5) is 0. The predicted molar refractivity (Wildman–Crippen MR) is 80.2 cm³/mol. The molecule has 1 N–H and O–H groups in total. The van der Waals surface area contributed by atoms with Crippen LogP contribution in [0.4, 0.5) is 0 Å². The molecule has 1 saturated carbocycles. The summed E-state index contributed by atoms with van der Waals surface area (Å²) >= 11 is 2.20. The van der Waals surface area contributed by atoms with E-state index in [-0.39, 0.29) is 0 Å². The van der Waals surface area contributed by atoms with Crippen LogP contribution in [0.5, 0.6) is 0 Å². The Balaban J connectivity index is 1.68. The molecule has 1 fully saturated rings. The Kier molecular flexibility index (Phi) is 3.70. The fraction of sp³-hybridized carbons (Fsp3) is 0.333. The van der Waals surface area contributed by atoms with Crippen LogP contribution < -0.4 is 5.32 Å². The fourth-order valence-corrected chi connectivity index (χ4v) is 2.77. The van der Waals surface area contributed by atoms with Crippen molar-refractivity contribution in [3.8, 4) is 0 Å². The standard InChI is InChI=1S/C15H16INO/c16-14-9-8-13(18-14)10-17-15(12-6-7-12)11-4-2-1-3-5-11/h1-5,8-9,12,15,17H,6-7,10H2. The second-order valence-corrected chi connectivity index (χ2v) is 5.88. The van der Waals surface area contributed by atoms with Gasteiger partial charge in [-0.1, -0.05) is 30.3 Å². The number of nitrogens with one attached hydrogen (secondary N) is 1. The average Bonchev–Trinajstić information content (AvgIpc) is 3.14. The summed E-state index contributed by atoms with van der Waals surface area (Å²) in [5.74, 6) is 1.81. The van der Waals surface area contributed by atoms with Crippen molar-refractivity contribution in [1.29, 1.82) is 0 Å². The number of rotatable bonds is 5. The minimum atomic E-state index is 0.467. The Morgan fingerprint density at radius 2 is 1.94 bits per heavy atom. The Morgan fingerprint density at radius 1 is 1.17 bits per heavy atom. The third-order valence-electron chi connectivity index (χ3n) is 3.38. The van der Waals surface area contributed by atoms with E-state index in [1.54, 1.807) is 0 Å². The van der Waals surface area contributed by atoms with Gasteiger partial charge < -0.3 is 9.73 Å². The van der Waals surface area contributed by atoms with Gasteiger partial charge >= 0.3 is 0 Å². The van der Waals surface area contributed by atoms with E-state index in [4.69, 9.17) is 4.42 Å². The number of benzene rings is 1. The molecule has 1 heterocycles. The molecule has 0 spiro atoms. The first kappa shape index (κ1) is 12.2. The van der Waals surface area contributed by atoms with E-state index in [0.29, 0.717) is 6.04 Å². The number of hydrogen-bond donors (Lipinski definition) is 1. The zero-order valence-corrected chi connectivity index (χ0v) is 12.3. The number of hydrogen-bond acceptors (Lipinski definition) is 2. The molecule has 1 atom stereocenters. The van der Waals surface area contributed by atoms with Gasteiger partial charge in [0.25, 0.3) is 0 Å². The lowest BCUT2D eigenvalue weighted by Gasteiger charge is -2.18. The van der Waals surface area contributed by atoms with Crippen LogP contribution in [0.3, 0.4) is 0 Å². The molecule has 2 aromatic rings. The van der Waals surface area contributed by atoms with Gasteiger partial charge in [0.2, 0.25) is 0 Å². The predicted octanol–water partition coefficient (Wildman–Crippen LogP) is 4.13. The van der Waals surface area contributed by atoms with Crippen molar-refractivity contribution in [2.24, 2.45) is 5.92 Å². The normalized spacial score (nSPS) is 16.7. The Labute approximate surface area is 121 Å². The molecule has 1 aromatic carbocycles. The lowest BCUT2D eigenvalue weighted by molar-refractivity contribution is 0.417. The average molecular weight is 353 g/mol. The van der Waals surface area contributed by atoms with Crippen LogP contribution in [-0.4, -0.2) is 0 Å². The molecule has 0 radical (unpaired) electrons. The molecule has 3 rings (SSSR count). The van der Waals surface area contributed by atoms with E-state index in [1.165, 1.54) is 18.4 Å². The maximum Gasteiger partial charge on any atom is 0.164 e. The van der Waals surface area contributed by atoms with Crippen molar-refractivity contribution >= 4 is 22.6 Å². The highest BCUT2D eigenvalue weighted by molar-refractivity contribution is 14.1. The maximum atomic E-state index is 5.59. The van der Waals surface area contributed by atoms with E-state index in [1.807, 2.05) is 12.1 Å². The smallest absolute Gasteiger partial charge is 0.164 e. The zero-order valence-electron chi connectivity index (χ0n) is 10.1. The first-order chi connectivity index (χ1) is 8.83. The highest BCUT2D eigenvalue weighted by Gasteiger charge is 2.31. The van der Waals surface area contributed by atoms with Gasteiger partial charge in [0.05, 0.1) is 6.54 Å². The van der Waals surface area contributed by atoms with Crippen molar-refractivity contribution in [1.82, 2.24) is 5.32 Å². The summed E-state index contributed by atoms with van der Waals surface area (Å²) in [7, 11) is 0. The molecular formula is C15H16INO. The van der Waals surface area contributed by atoms with Gasteiger partial charge in [-0.15, -0.1) is 0 Å². The molecule has 0 aliphatic heterocycles. The second kappa shape index (κ2) is 5.45. The van der Waals surface area contributed by atoms with Gasteiger partial charge in [0.1, 0.15) is 5.76 Å². The molecule has 94 valence electrons. The lowest BCUT2D eigenvalue weighted by Crippen LogP contribution is -2.22. The minimum absolute atomic E-state index is 0.467. The number of halogens is 1. The molecule has 1 aromatic heterocycles. The molecule has 0 amide bonds. The Hall–Kier alpha value is -0.810. The molecule has 1 unspecified atom stereocenters. The summed E-state index contributed by atoms with van der Waals surface area (Å²) in [6.07, 6.45) is 2.67. The van der Waals surface area contributed by atoms with Gasteiger partial charge in [-0.2, -0.15) is 0 Å². The molecule has 1 aliphatic rings. The van der Waals surface area contributed by atoms with Crippen molar-refractivity contribution in [2.45, 2.75) is 25.4 Å². The summed E-state index contributed by atoms with van der Waals surface area (Å²) < 4.78 is 6.55. The molecule has 2 nitrogen and oxygen atoms in total. The Bertz CT molecular complexity index is 504.